The van der Waals surface area contributed by atoms with E-state index in [1.54, 1.807) is 18.2 Å². The van der Waals surface area contributed by atoms with Gasteiger partial charge in [-0.05, 0) is 49.4 Å². The van der Waals surface area contributed by atoms with Crippen molar-refractivity contribution < 1.29 is 23.1 Å². The summed E-state index contributed by atoms with van der Waals surface area (Å²) in [6.07, 6.45) is 0.235. The van der Waals surface area contributed by atoms with E-state index in [0.717, 1.165) is 68.6 Å². The van der Waals surface area contributed by atoms with Crippen LogP contribution in [-0.4, -0.2) is 84.0 Å². The number of ether oxygens (including phenoxy) is 1. The van der Waals surface area contributed by atoms with Gasteiger partial charge >= 0.3 is 11.3 Å². The molecule has 2 heterocycles. The Kier molecular flexibility index (Phi) is 8.89. The number of likely N-dealkylation sites (N-methyl/N-ethyl adjacent to an activating group) is 1. The van der Waals surface area contributed by atoms with Gasteiger partial charge in [-0.2, -0.15) is 5.10 Å². The average molecular weight is 518 g/mol. The third-order valence-electron chi connectivity index (χ3n) is 5.99. The van der Waals surface area contributed by atoms with Crippen LogP contribution in [0.5, 0.6) is 0 Å². The highest BCUT2D eigenvalue weighted by atomic mass is 32.2. The fourth-order valence-electron chi connectivity index (χ4n) is 3.94. The van der Waals surface area contributed by atoms with Gasteiger partial charge in [0.25, 0.3) is 0 Å². The highest BCUT2D eigenvalue weighted by Crippen LogP contribution is 2.23. The summed E-state index contributed by atoms with van der Waals surface area (Å²) in [5.74, 6) is -1.63. The number of nitrogens with zero attached hydrogens (tertiary/aromatic N) is 4. The summed E-state index contributed by atoms with van der Waals surface area (Å²) in [4.78, 5) is 29.3. The first-order valence-electron chi connectivity index (χ1n) is 11.8. The van der Waals surface area contributed by atoms with Gasteiger partial charge in [0.1, 0.15) is 0 Å². The minimum absolute atomic E-state index is 0.161. The lowest BCUT2D eigenvalue weighted by Crippen LogP contribution is -2.44. The third kappa shape index (κ3) is 7.25. The molecule has 2 aliphatic rings. The van der Waals surface area contributed by atoms with Gasteiger partial charge in [0.05, 0.1) is 18.9 Å². The maximum atomic E-state index is 13.6. The van der Waals surface area contributed by atoms with Crippen molar-refractivity contribution in [3.63, 3.8) is 0 Å². The summed E-state index contributed by atoms with van der Waals surface area (Å²) < 4.78 is 32.2. The van der Waals surface area contributed by atoms with E-state index in [-0.39, 0.29) is 17.5 Å². The topological polar surface area (TPSA) is 77.5 Å². The minimum Gasteiger partial charge on any atom is -0.449 e. The van der Waals surface area contributed by atoms with Crippen LogP contribution in [0, 0.1) is 11.6 Å². The van der Waals surface area contributed by atoms with Crippen molar-refractivity contribution >= 4 is 34.5 Å². The maximum absolute atomic E-state index is 13.6. The third-order valence-corrected chi connectivity index (χ3v) is 6.87. The number of carbonyl (C=O) groups excluding carboxylic acids is 2. The average Bonchev–Trinajstić information content (AvgIpc) is 2.86. The molecule has 1 fully saturated rings. The number of carbonyl (C=O) groups is 2. The van der Waals surface area contributed by atoms with Crippen LogP contribution in [0.3, 0.4) is 0 Å². The number of hydrazone groups is 1. The number of thioether (sulfide) groups is 1. The predicted octanol–water partition coefficient (Wildman–Crippen LogP) is 4.22. The van der Waals surface area contributed by atoms with Gasteiger partial charge in [-0.1, -0.05) is 23.9 Å². The molecule has 192 valence electrons. The smallest absolute Gasteiger partial charge is 0.411 e. The Morgan fingerprint density at radius 3 is 2.69 bits per heavy atom. The monoisotopic (exact) mass is 517 g/mol. The molecule has 0 spiro atoms. The summed E-state index contributed by atoms with van der Waals surface area (Å²) in [6, 6.07) is 10.6. The molecule has 0 saturated carbocycles. The number of hydrogen-bond acceptors (Lipinski definition) is 7. The van der Waals surface area contributed by atoms with Crippen LogP contribution < -0.4 is 5.32 Å². The molecule has 2 aromatic rings. The molecule has 0 aromatic heterocycles. The lowest BCUT2D eigenvalue weighted by molar-refractivity contribution is 0.130. The van der Waals surface area contributed by atoms with Gasteiger partial charge < -0.3 is 14.5 Å². The Hall–Kier alpha value is -3.02. The number of rotatable bonds is 8. The Labute approximate surface area is 213 Å². The lowest BCUT2D eigenvalue weighted by Gasteiger charge is -2.32. The lowest BCUT2D eigenvalue weighted by atomic mass is 10.1. The second kappa shape index (κ2) is 12.3. The summed E-state index contributed by atoms with van der Waals surface area (Å²) >= 11 is 1.04. The van der Waals surface area contributed by atoms with Gasteiger partial charge in [-0.15, -0.1) is 0 Å². The summed E-state index contributed by atoms with van der Waals surface area (Å²) in [6.45, 7) is 5.55. The van der Waals surface area contributed by atoms with E-state index in [9.17, 15) is 18.4 Å². The first-order chi connectivity index (χ1) is 17.4. The molecule has 4 rings (SSSR count). The van der Waals surface area contributed by atoms with Crippen LogP contribution in [0.1, 0.15) is 17.5 Å². The van der Waals surface area contributed by atoms with Crippen molar-refractivity contribution in [3.05, 3.63) is 65.2 Å². The largest absolute Gasteiger partial charge is 0.449 e. The molecular formula is C25H29F2N5O3S. The highest BCUT2D eigenvalue weighted by molar-refractivity contribution is 8.14. The second-order valence-electron chi connectivity index (χ2n) is 8.75. The Bertz CT molecular complexity index is 1120. The first kappa shape index (κ1) is 26.1. The van der Waals surface area contributed by atoms with E-state index < -0.39 is 17.7 Å². The fraction of sp³-hybridized carbons (Fsp3) is 0.400. The van der Waals surface area contributed by atoms with Crippen molar-refractivity contribution in [3.8, 4) is 0 Å². The van der Waals surface area contributed by atoms with E-state index in [1.165, 1.54) is 11.1 Å². The normalized spacial score (nSPS) is 17.1. The molecule has 11 heteroatoms. The number of hydrogen-bond donors (Lipinski definition) is 1. The van der Waals surface area contributed by atoms with E-state index >= 15 is 0 Å². The van der Waals surface area contributed by atoms with Crippen LogP contribution >= 0.6 is 11.8 Å². The quantitative estimate of drug-likeness (QED) is 0.529. The van der Waals surface area contributed by atoms with E-state index in [4.69, 9.17) is 4.74 Å². The van der Waals surface area contributed by atoms with Crippen LogP contribution in [0.2, 0.25) is 0 Å². The number of piperazine rings is 1. The number of halogens is 2. The molecule has 0 radical (unpaired) electrons. The summed E-state index contributed by atoms with van der Waals surface area (Å²) in [7, 11) is 2.11. The number of benzene rings is 2. The molecule has 0 bridgehead atoms. The van der Waals surface area contributed by atoms with E-state index in [2.05, 4.69) is 27.3 Å². The van der Waals surface area contributed by atoms with Crippen molar-refractivity contribution in [2.24, 2.45) is 5.10 Å². The van der Waals surface area contributed by atoms with Gasteiger partial charge in [-0.25, -0.2) is 18.6 Å². The molecule has 1 saturated heterocycles. The molecular weight excluding hydrogens is 488 g/mol. The number of amides is 2. The Balaban J connectivity index is 1.29. The van der Waals surface area contributed by atoms with Gasteiger partial charge in [0.2, 0.25) is 0 Å². The Morgan fingerprint density at radius 2 is 1.92 bits per heavy atom. The van der Waals surface area contributed by atoms with Crippen LogP contribution in [0.15, 0.2) is 47.6 Å². The van der Waals surface area contributed by atoms with Gasteiger partial charge in [0, 0.05) is 49.7 Å². The fourth-order valence-corrected chi connectivity index (χ4v) is 4.67. The molecule has 0 aliphatic carbocycles. The SMILES string of the molecule is CN1CCN(CCCOC(=O)Nc2cccc(CN3N=C(c4ccc(F)c(F)c4)CSC3=O)c2)CC1. The first-order valence-corrected chi connectivity index (χ1v) is 12.8. The van der Waals surface area contributed by atoms with Crippen molar-refractivity contribution in [2.45, 2.75) is 13.0 Å². The molecule has 0 atom stereocenters. The van der Waals surface area contributed by atoms with E-state index in [0.29, 0.717) is 23.6 Å². The van der Waals surface area contributed by atoms with Gasteiger partial charge in [0.15, 0.2) is 11.6 Å². The molecule has 36 heavy (non-hydrogen) atoms. The standard InChI is InChI=1S/C25H29F2N5O3S/c1-30-9-11-31(12-10-30)8-3-13-35-24(33)28-20-5-2-4-18(14-20)16-32-25(34)36-17-23(29-32)19-6-7-21(26)22(27)15-19/h2,4-7,14-15H,3,8-13,16-17H2,1H3,(H,28,33). The number of anilines is 1. The van der Waals surface area contributed by atoms with Crippen LogP contribution in [0.4, 0.5) is 24.1 Å². The minimum atomic E-state index is -0.964. The zero-order valence-electron chi connectivity index (χ0n) is 20.1. The predicted molar refractivity (Wildman–Crippen MR) is 136 cm³/mol. The number of nitrogens with one attached hydrogen (secondary N) is 1. The second-order valence-corrected chi connectivity index (χ2v) is 9.67. The van der Waals surface area contributed by atoms with Crippen molar-refractivity contribution in [2.75, 3.05) is 57.4 Å². The maximum Gasteiger partial charge on any atom is 0.411 e. The molecule has 2 amide bonds. The van der Waals surface area contributed by atoms with Crippen LogP contribution in [0.25, 0.3) is 0 Å². The summed E-state index contributed by atoms with van der Waals surface area (Å²) in [5.41, 5.74) is 2.18. The molecule has 2 aliphatic heterocycles. The van der Waals surface area contributed by atoms with Crippen LogP contribution in [-0.2, 0) is 11.3 Å². The Morgan fingerprint density at radius 1 is 1.11 bits per heavy atom. The highest BCUT2D eigenvalue weighted by Gasteiger charge is 2.23. The van der Waals surface area contributed by atoms with Gasteiger partial charge in [-0.3, -0.25) is 10.1 Å². The molecule has 8 nitrogen and oxygen atoms in total. The molecule has 1 N–H and O–H groups in total. The van der Waals surface area contributed by atoms with Crippen molar-refractivity contribution in [1.29, 1.82) is 0 Å². The molecule has 0 unspecified atom stereocenters. The zero-order chi connectivity index (χ0) is 25.5. The van der Waals surface area contributed by atoms with Crippen molar-refractivity contribution in [1.82, 2.24) is 14.8 Å². The van der Waals surface area contributed by atoms with E-state index in [1.807, 2.05) is 6.07 Å². The molecule has 2 aromatic carbocycles. The summed E-state index contributed by atoms with van der Waals surface area (Å²) in [5, 5.41) is 8.10. The zero-order valence-corrected chi connectivity index (χ0v) is 20.9.